The van der Waals surface area contributed by atoms with Crippen LogP contribution in [-0.4, -0.2) is 33.5 Å². The molecule has 6 nitrogen and oxygen atoms in total. The largest absolute Gasteiger partial charge is 0.355 e. The first-order valence-corrected chi connectivity index (χ1v) is 12.0. The predicted octanol–water partition coefficient (Wildman–Crippen LogP) is 6.32. The quantitative estimate of drug-likeness (QED) is 0.208. The van der Waals surface area contributed by atoms with Crippen LogP contribution in [0.15, 0.2) is 91.0 Å². The lowest BCUT2D eigenvalue weighted by Gasteiger charge is -2.20. The van der Waals surface area contributed by atoms with Gasteiger partial charge in [0.05, 0.1) is 11.4 Å². The maximum atomic E-state index is 15.0. The van der Waals surface area contributed by atoms with Crippen molar-refractivity contribution >= 4 is 28.2 Å². The van der Waals surface area contributed by atoms with Gasteiger partial charge in [-0.1, -0.05) is 54.6 Å². The number of carbonyl (C=O) groups is 1. The highest BCUT2D eigenvalue weighted by atomic mass is 19.1. The van der Waals surface area contributed by atoms with Crippen LogP contribution in [0.4, 0.5) is 14.5 Å². The van der Waals surface area contributed by atoms with Crippen molar-refractivity contribution in [3.8, 4) is 5.69 Å². The van der Waals surface area contributed by atoms with E-state index in [1.807, 2.05) is 48.5 Å². The van der Waals surface area contributed by atoms with Crippen molar-refractivity contribution in [3.05, 3.63) is 125 Å². The van der Waals surface area contributed by atoms with Gasteiger partial charge in [0, 0.05) is 19.2 Å². The molecule has 4 aromatic carbocycles. The lowest BCUT2D eigenvalue weighted by Crippen LogP contribution is -2.26. The zero-order valence-electron chi connectivity index (χ0n) is 20.9. The predicted molar refractivity (Wildman–Crippen MR) is 145 cm³/mol. The molecule has 0 atom stereocenters. The zero-order valence-corrected chi connectivity index (χ0v) is 20.9. The summed E-state index contributed by atoms with van der Waals surface area (Å²) in [5, 5.41) is 16.9. The molecular weight excluding hydrogens is 484 g/mol. The Morgan fingerprint density at radius 3 is 2.32 bits per heavy atom. The molecule has 1 heterocycles. The summed E-state index contributed by atoms with van der Waals surface area (Å²) < 4.78 is 31.3. The average molecular weight is 510 g/mol. The summed E-state index contributed by atoms with van der Waals surface area (Å²) in [5.74, 6) is -1.71. The number of fused-ring (bicyclic) bond motifs is 1. The van der Waals surface area contributed by atoms with Gasteiger partial charge in [-0.15, -0.1) is 0 Å². The van der Waals surface area contributed by atoms with Crippen molar-refractivity contribution in [3.63, 3.8) is 0 Å². The van der Waals surface area contributed by atoms with E-state index in [0.29, 0.717) is 17.8 Å². The summed E-state index contributed by atoms with van der Waals surface area (Å²) in [6.07, 6.45) is 0. The highest BCUT2D eigenvalue weighted by molar-refractivity contribution is 6.04. The van der Waals surface area contributed by atoms with Crippen molar-refractivity contribution in [1.29, 1.82) is 5.41 Å². The van der Waals surface area contributed by atoms with E-state index in [9.17, 15) is 9.18 Å². The third kappa shape index (κ3) is 5.01. The van der Waals surface area contributed by atoms with Crippen LogP contribution in [0, 0.1) is 24.0 Å². The van der Waals surface area contributed by atoms with Crippen LogP contribution >= 0.6 is 0 Å². The van der Waals surface area contributed by atoms with E-state index < -0.39 is 17.5 Å². The van der Waals surface area contributed by atoms with Gasteiger partial charge in [0.1, 0.15) is 28.9 Å². The van der Waals surface area contributed by atoms with Crippen LogP contribution in [0.5, 0.6) is 0 Å². The Hall–Kier alpha value is -4.85. The normalized spacial score (nSPS) is 10.9. The topological polar surface area (TPSA) is 74.0 Å². The molecule has 5 aromatic rings. The Labute approximate surface area is 218 Å². The third-order valence-corrected chi connectivity index (χ3v) is 6.24. The molecule has 1 aromatic heterocycles. The molecule has 0 aliphatic carbocycles. The molecule has 0 aliphatic rings. The first-order chi connectivity index (χ1) is 18.3. The molecule has 0 saturated heterocycles. The van der Waals surface area contributed by atoms with E-state index in [1.165, 1.54) is 28.9 Å². The maximum absolute atomic E-state index is 15.0. The summed E-state index contributed by atoms with van der Waals surface area (Å²) >= 11 is 0. The molecule has 0 spiro atoms. The Balaban J connectivity index is 1.37. The van der Waals surface area contributed by atoms with Crippen LogP contribution in [0.3, 0.4) is 0 Å². The van der Waals surface area contributed by atoms with Crippen molar-refractivity contribution in [2.24, 2.45) is 0 Å². The van der Waals surface area contributed by atoms with Crippen molar-refractivity contribution in [2.75, 3.05) is 12.4 Å². The first kappa shape index (κ1) is 24.8. The molecule has 0 fully saturated rings. The zero-order chi connectivity index (χ0) is 26.8. The number of nitrogens with one attached hydrogen (secondary N) is 2. The molecular formula is C30H25F2N5O. The lowest BCUT2D eigenvalue weighted by atomic mass is 10.1. The molecule has 0 saturated carbocycles. The van der Waals surface area contributed by atoms with Crippen LogP contribution in [0.2, 0.25) is 0 Å². The van der Waals surface area contributed by atoms with Crippen LogP contribution in [-0.2, 0) is 6.54 Å². The fraction of sp³-hybridized carbons (Fsp3) is 0.100. The van der Waals surface area contributed by atoms with Gasteiger partial charge in [-0.2, -0.15) is 5.10 Å². The minimum Gasteiger partial charge on any atom is -0.355 e. The van der Waals surface area contributed by atoms with Crippen molar-refractivity contribution in [2.45, 2.75) is 13.5 Å². The second-order valence-corrected chi connectivity index (χ2v) is 9.07. The van der Waals surface area contributed by atoms with E-state index in [-0.39, 0.29) is 22.9 Å². The van der Waals surface area contributed by atoms with Gasteiger partial charge in [0.2, 0.25) is 0 Å². The number of aromatic nitrogens is 2. The third-order valence-electron chi connectivity index (χ3n) is 6.24. The van der Waals surface area contributed by atoms with Gasteiger partial charge >= 0.3 is 0 Å². The Morgan fingerprint density at radius 1 is 0.921 bits per heavy atom. The summed E-state index contributed by atoms with van der Waals surface area (Å²) in [5.41, 5.74) is 2.04. The van der Waals surface area contributed by atoms with Gasteiger partial charge in [0.15, 0.2) is 0 Å². The van der Waals surface area contributed by atoms with E-state index in [2.05, 4.69) is 10.4 Å². The van der Waals surface area contributed by atoms with Crippen LogP contribution in [0.25, 0.3) is 16.5 Å². The fourth-order valence-electron chi connectivity index (χ4n) is 4.31. The van der Waals surface area contributed by atoms with Gasteiger partial charge in [-0.05, 0) is 59.7 Å². The Bertz CT molecular complexity index is 1660. The summed E-state index contributed by atoms with van der Waals surface area (Å²) in [6, 6.07) is 25.7. The standard InChI is InChI=1S/C30H25F2N5O/c1-19-14-28(37(35-19)27-17-22-11-7-6-10-21(22)15-25(27)32)30(38)34-26-13-12-23(16-24(26)31)29(33)36(2)18-20-8-4-3-5-9-20/h3-17,33H,18H2,1-2H3,(H,34,38). The molecule has 0 bridgehead atoms. The van der Waals surface area contributed by atoms with E-state index in [1.54, 1.807) is 37.1 Å². The minimum atomic E-state index is -0.687. The Morgan fingerprint density at radius 2 is 1.61 bits per heavy atom. The summed E-state index contributed by atoms with van der Waals surface area (Å²) in [4.78, 5) is 14.9. The summed E-state index contributed by atoms with van der Waals surface area (Å²) in [6.45, 7) is 2.19. The SMILES string of the molecule is Cc1cc(C(=O)Nc2ccc(C(=N)N(C)Cc3ccccc3)cc2F)n(-c2cc3ccccc3cc2F)n1. The first-order valence-electron chi connectivity index (χ1n) is 12.0. The molecule has 38 heavy (non-hydrogen) atoms. The summed E-state index contributed by atoms with van der Waals surface area (Å²) in [7, 11) is 1.76. The highest BCUT2D eigenvalue weighted by Crippen LogP contribution is 2.25. The molecule has 0 unspecified atom stereocenters. The van der Waals surface area contributed by atoms with Crippen LogP contribution in [0.1, 0.15) is 27.3 Å². The number of anilines is 1. The second-order valence-electron chi connectivity index (χ2n) is 9.07. The van der Waals surface area contributed by atoms with Crippen molar-refractivity contribution < 1.29 is 13.6 Å². The number of hydrogen-bond acceptors (Lipinski definition) is 3. The van der Waals surface area contributed by atoms with Crippen molar-refractivity contribution in [1.82, 2.24) is 14.7 Å². The van der Waals surface area contributed by atoms with Gasteiger partial charge in [-0.25, -0.2) is 13.5 Å². The van der Waals surface area contributed by atoms with Gasteiger partial charge in [0.25, 0.3) is 5.91 Å². The molecule has 2 N–H and O–H groups in total. The molecule has 8 heteroatoms. The number of carbonyl (C=O) groups excluding carboxylic acids is 1. The smallest absolute Gasteiger partial charge is 0.274 e. The number of hydrogen-bond donors (Lipinski definition) is 2. The number of amides is 1. The molecule has 5 rings (SSSR count). The number of rotatable bonds is 6. The molecule has 1 amide bonds. The number of halogens is 2. The molecule has 190 valence electrons. The number of benzene rings is 4. The van der Waals surface area contributed by atoms with E-state index >= 15 is 4.39 Å². The van der Waals surface area contributed by atoms with Gasteiger partial charge < -0.3 is 10.2 Å². The number of nitrogens with zero attached hydrogens (tertiary/aromatic N) is 3. The number of aryl methyl sites for hydroxylation is 1. The monoisotopic (exact) mass is 509 g/mol. The van der Waals surface area contributed by atoms with E-state index in [4.69, 9.17) is 5.41 Å². The molecule has 0 radical (unpaired) electrons. The highest BCUT2D eigenvalue weighted by Gasteiger charge is 2.20. The average Bonchev–Trinajstić information content (AvgIpc) is 3.31. The van der Waals surface area contributed by atoms with E-state index in [0.717, 1.165) is 16.3 Å². The number of amidine groups is 1. The van der Waals surface area contributed by atoms with Gasteiger partial charge in [-0.3, -0.25) is 10.2 Å². The lowest BCUT2D eigenvalue weighted by molar-refractivity contribution is 0.101. The maximum Gasteiger partial charge on any atom is 0.274 e. The Kier molecular flexibility index (Phi) is 6.70. The fourth-order valence-corrected chi connectivity index (χ4v) is 4.31. The minimum absolute atomic E-state index is 0.0540. The van der Waals surface area contributed by atoms with Crippen LogP contribution < -0.4 is 5.32 Å². The molecule has 0 aliphatic heterocycles. The second kappa shape index (κ2) is 10.3.